The average Bonchev–Trinajstić information content (AvgIpc) is 2.99. The van der Waals surface area contributed by atoms with E-state index in [1.807, 2.05) is 6.07 Å². The normalized spacial score (nSPS) is 20.4. The molecule has 1 saturated heterocycles. The van der Waals surface area contributed by atoms with Crippen LogP contribution in [0.25, 0.3) is 10.9 Å². The Morgan fingerprint density at radius 3 is 2.78 bits per heavy atom. The Kier molecular flexibility index (Phi) is 4.60. The van der Waals surface area contributed by atoms with Crippen LogP contribution in [0.3, 0.4) is 0 Å². The highest BCUT2D eigenvalue weighted by Crippen LogP contribution is 2.41. The number of pyridine rings is 1. The maximum atomic E-state index is 9.47. The molecule has 0 amide bonds. The second-order valence-corrected chi connectivity index (χ2v) is 6.61. The van der Waals surface area contributed by atoms with E-state index in [1.54, 1.807) is 38.2 Å². The van der Waals surface area contributed by atoms with E-state index in [0.29, 0.717) is 22.3 Å². The molecule has 2 atom stereocenters. The summed E-state index contributed by atoms with van der Waals surface area (Å²) >= 11 is 1.68. The van der Waals surface area contributed by atoms with Gasteiger partial charge in [0.15, 0.2) is 0 Å². The van der Waals surface area contributed by atoms with Crippen molar-refractivity contribution in [1.29, 1.82) is 5.26 Å². The van der Waals surface area contributed by atoms with Gasteiger partial charge in [-0.1, -0.05) is 0 Å². The first-order valence-electron chi connectivity index (χ1n) is 7.41. The van der Waals surface area contributed by atoms with Crippen molar-refractivity contribution in [2.45, 2.75) is 29.6 Å². The summed E-state index contributed by atoms with van der Waals surface area (Å²) in [5.41, 5.74) is 1.30. The smallest absolute Gasteiger partial charge is 0.148 e. The van der Waals surface area contributed by atoms with Gasteiger partial charge in [-0.05, 0) is 19.4 Å². The van der Waals surface area contributed by atoms with Crippen LogP contribution >= 0.6 is 11.8 Å². The van der Waals surface area contributed by atoms with Gasteiger partial charge in [0, 0.05) is 34.4 Å². The van der Waals surface area contributed by atoms with Crippen molar-refractivity contribution in [1.82, 2.24) is 4.98 Å². The third-order valence-corrected chi connectivity index (χ3v) is 5.61. The Labute approximate surface area is 139 Å². The monoisotopic (exact) mass is 330 g/mol. The first-order chi connectivity index (χ1) is 11.2. The van der Waals surface area contributed by atoms with E-state index in [4.69, 9.17) is 14.2 Å². The molecule has 0 saturated carbocycles. The van der Waals surface area contributed by atoms with Crippen molar-refractivity contribution in [3.8, 4) is 17.6 Å². The Bertz CT molecular complexity index is 773. The van der Waals surface area contributed by atoms with Gasteiger partial charge < -0.3 is 14.2 Å². The van der Waals surface area contributed by atoms with Crippen LogP contribution < -0.4 is 9.47 Å². The van der Waals surface area contributed by atoms with Gasteiger partial charge in [-0.3, -0.25) is 4.98 Å². The molecule has 0 aliphatic carbocycles. The number of aromatic nitrogens is 1. The molecule has 0 N–H and O–H groups in total. The highest BCUT2D eigenvalue weighted by atomic mass is 32.2. The van der Waals surface area contributed by atoms with E-state index in [-0.39, 0.29) is 6.10 Å². The molecule has 2 aromatic rings. The SMILES string of the molecule is COc1cc(OC)c2ncc(C#N)c(S[C@H]3CCO[C@H]3C)c2c1. The second kappa shape index (κ2) is 6.65. The Morgan fingerprint density at radius 2 is 2.17 bits per heavy atom. The summed E-state index contributed by atoms with van der Waals surface area (Å²) < 4.78 is 16.4. The van der Waals surface area contributed by atoms with Gasteiger partial charge in [-0.2, -0.15) is 5.26 Å². The molecule has 1 aromatic heterocycles. The Balaban J connectivity index is 2.18. The fraction of sp³-hybridized carbons (Fsp3) is 0.412. The number of nitrogens with zero attached hydrogens (tertiary/aromatic N) is 2. The molecular formula is C17H18N2O3S. The number of fused-ring (bicyclic) bond motifs is 1. The Morgan fingerprint density at radius 1 is 1.35 bits per heavy atom. The van der Waals surface area contributed by atoms with Gasteiger partial charge in [0.05, 0.1) is 25.9 Å². The van der Waals surface area contributed by atoms with E-state index < -0.39 is 0 Å². The minimum absolute atomic E-state index is 0.169. The number of benzene rings is 1. The van der Waals surface area contributed by atoms with Crippen molar-refractivity contribution in [2.24, 2.45) is 0 Å². The topological polar surface area (TPSA) is 64.4 Å². The largest absolute Gasteiger partial charge is 0.497 e. The van der Waals surface area contributed by atoms with E-state index >= 15 is 0 Å². The summed E-state index contributed by atoms with van der Waals surface area (Å²) in [6.45, 7) is 2.83. The molecule has 5 nitrogen and oxygen atoms in total. The van der Waals surface area contributed by atoms with Crippen LogP contribution in [0, 0.1) is 11.3 Å². The molecule has 1 aliphatic rings. The first-order valence-corrected chi connectivity index (χ1v) is 8.29. The van der Waals surface area contributed by atoms with Crippen LogP contribution in [0.1, 0.15) is 18.9 Å². The summed E-state index contributed by atoms with van der Waals surface area (Å²) in [6.07, 6.45) is 2.75. The van der Waals surface area contributed by atoms with Crippen LogP contribution in [-0.4, -0.2) is 37.2 Å². The number of thioether (sulfide) groups is 1. The predicted octanol–water partition coefficient (Wildman–Crippen LogP) is 3.39. The van der Waals surface area contributed by atoms with Crippen molar-refractivity contribution in [3.05, 3.63) is 23.9 Å². The quantitative estimate of drug-likeness (QED) is 0.856. The summed E-state index contributed by atoms with van der Waals surface area (Å²) in [7, 11) is 3.22. The van der Waals surface area contributed by atoms with Gasteiger partial charge in [-0.25, -0.2) is 0 Å². The minimum Gasteiger partial charge on any atom is -0.497 e. The minimum atomic E-state index is 0.169. The van der Waals surface area contributed by atoms with E-state index in [2.05, 4.69) is 18.0 Å². The molecule has 0 radical (unpaired) electrons. The van der Waals surface area contributed by atoms with Gasteiger partial charge in [0.1, 0.15) is 23.1 Å². The van der Waals surface area contributed by atoms with Crippen molar-refractivity contribution < 1.29 is 14.2 Å². The van der Waals surface area contributed by atoms with Crippen LogP contribution in [-0.2, 0) is 4.74 Å². The molecule has 23 heavy (non-hydrogen) atoms. The van der Waals surface area contributed by atoms with E-state index in [0.717, 1.165) is 28.8 Å². The van der Waals surface area contributed by atoms with Crippen LogP contribution in [0.2, 0.25) is 0 Å². The number of hydrogen-bond acceptors (Lipinski definition) is 6. The third kappa shape index (κ3) is 2.94. The highest BCUT2D eigenvalue weighted by Gasteiger charge is 2.27. The maximum absolute atomic E-state index is 9.47. The van der Waals surface area contributed by atoms with E-state index in [9.17, 15) is 5.26 Å². The van der Waals surface area contributed by atoms with Gasteiger partial charge in [0.25, 0.3) is 0 Å². The lowest BCUT2D eigenvalue weighted by Crippen LogP contribution is -2.13. The number of hydrogen-bond donors (Lipinski definition) is 0. The molecule has 0 bridgehead atoms. The number of methoxy groups -OCH3 is 2. The number of nitriles is 1. The lowest BCUT2D eigenvalue weighted by molar-refractivity contribution is 0.127. The third-order valence-electron chi connectivity index (χ3n) is 4.01. The average molecular weight is 330 g/mol. The first kappa shape index (κ1) is 15.9. The van der Waals surface area contributed by atoms with Crippen molar-refractivity contribution >= 4 is 22.7 Å². The molecule has 0 unspecified atom stereocenters. The fourth-order valence-corrected chi connectivity index (χ4v) is 4.01. The number of rotatable bonds is 4. The van der Waals surface area contributed by atoms with Gasteiger partial charge in [0.2, 0.25) is 0 Å². The van der Waals surface area contributed by atoms with Crippen LogP contribution in [0.4, 0.5) is 0 Å². The molecule has 6 heteroatoms. The maximum Gasteiger partial charge on any atom is 0.148 e. The van der Waals surface area contributed by atoms with Gasteiger partial charge in [-0.15, -0.1) is 11.8 Å². The molecule has 1 aliphatic heterocycles. The zero-order valence-corrected chi connectivity index (χ0v) is 14.1. The molecule has 2 heterocycles. The predicted molar refractivity (Wildman–Crippen MR) is 89.2 cm³/mol. The second-order valence-electron chi connectivity index (χ2n) is 5.36. The lowest BCUT2D eigenvalue weighted by Gasteiger charge is -2.17. The summed E-state index contributed by atoms with van der Waals surface area (Å²) in [4.78, 5) is 5.32. The molecular weight excluding hydrogens is 312 g/mol. The standard InChI is InChI=1S/C17H18N2O3S/c1-10-15(4-5-22-10)23-17-11(8-18)9-19-16-13(17)6-12(20-2)7-14(16)21-3/h6-7,9-10,15H,4-5H2,1-3H3/t10-,15-/m0/s1. The highest BCUT2D eigenvalue weighted by molar-refractivity contribution is 8.00. The van der Waals surface area contributed by atoms with Crippen LogP contribution in [0.5, 0.6) is 11.5 Å². The molecule has 1 fully saturated rings. The lowest BCUT2D eigenvalue weighted by atomic mass is 10.1. The molecule has 120 valence electrons. The van der Waals surface area contributed by atoms with Crippen LogP contribution in [0.15, 0.2) is 23.2 Å². The fourth-order valence-electron chi connectivity index (χ4n) is 2.72. The zero-order chi connectivity index (χ0) is 16.4. The van der Waals surface area contributed by atoms with E-state index in [1.165, 1.54) is 0 Å². The van der Waals surface area contributed by atoms with Gasteiger partial charge >= 0.3 is 0 Å². The summed E-state index contributed by atoms with van der Waals surface area (Å²) in [5, 5.41) is 10.7. The molecule has 3 rings (SSSR count). The number of ether oxygens (including phenoxy) is 3. The zero-order valence-electron chi connectivity index (χ0n) is 13.3. The molecule has 0 spiro atoms. The van der Waals surface area contributed by atoms with Crippen molar-refractivity contribution in [2.75, 3.05) is 20.8 Å². The Hall–Kier alpha value is -1.97. The summed E-state index contributed by atoms with van der Waals surface area (Å²) in [5.74, 6) is 1.32. The summed E-state index contributed by atoms with van der Waals surface area (Å²) in [6, 6.07) is 5.96. The molecule has 1 aromatic carbocycles. The van der Waals surface area contributed by atoms with Crippen molar-refractivity contribution in [3.63, 3.8) is 0 Å².